The lowest BCUT2D eigenvalue weighted by molar-refractivity contribution is 0.286. The van der Waals surface area contributed by atoms with Crippen LogP contribution in [0.25, 0.3) is 11.4 Å². The minimum absolute atomic E-state index is 0.0359. The van der Waals surface area contributed by atoms with Crippen LogP contribution in [0, 0.1) is 0 Å². The number of ether oxygens (including phenoxy) is 2. The molecule has 142 valence electrons. The van der Waals surface area contributed by atoms with E-state index in [4.69, 9.17) is 9.47 Å². The number of benzene rings is 2. The zero-order valence-corrected chi connectivity index (χ0v) is 16.0. The molecule has 1 aromatic heterocycles. The largest absolute Gasteiger partial charge is 0.497 e. The molecule has 0 aliphatic carbocycles. The third-order valence-corrected chi connectivity index (χ3v) is 5.48. The molecule has 0 aliphatic rings. The molecule has 0 spiro atoms. The molecular formula is C19H21N3O4S. The number of hydrogen-bond acceptors (Lipinski definition) is 6. The fraction of sp³-hybridized carbons (Fsp3) is 0.263. The molecule has 0 atom stereocenters. The lowest BCUT2D eigenvalue weighted by Crippen LogP contribution is -2.16. The molecule has 0 fully saturated rings. The second kappa shape index (κ2) is 8.22. The third kappa shape index (κ3) is 4.11. The first-order valence-electron chi connectivity index (χ1n) is 8.61. The quantitative estimate of drug-likeness (QED) is 0.551. The fourth-order valence-electron chi connectivity index (χ4n) is 2.42. The Morgan fingerprint density at radius 2 is 1.74 bits per heavy atom. The van der Waals surface area contributed by atoms with Gasteiger partial charge in [0.05, 0.1) is 18.6 Å². The first-order chi connectivity index (χ1) is 13.1. The summed E-state index contributed by atoms with van der Waals surface area (Å²) < 4.78 is 37.8. The molecule has 0 N–H and O–H groups in total. The van der Waals surface area contributed by atoms with Crippen LogP contribution in [-0.4, -0.2) is 36.3 Å². The van der Waals surface area contributed by atoms with Gasteiger partial charge in [0.2, 0.25) is 0 Å². The highest BCUT2D eigenvalue weighted by molar-refractivity contribution is 7.90. The first-order valence-corrected chi connectivity index (χ1v) is 10.0. The average molecular weight is 387 g/mol. The zero-order valence-electron chi connectivity index (χ0n) is 15.2. The third-order valence-electron chi connectivity index (χ3n) is 3.91. The van der Waals surface area contributed by atoms with E-state index in [1.807, 2.05) is 6.92 Å². The van der Waals surface area contributed by atoms with Crippen LogP contribution < -0.4 is 9.47 Å². The van der Waals surface area contributed by atoms with Crippen LogP contribution in [0.3, 0.4) is 0 Å². The summed E-state index contributed by atoms with van der Waals surface area (Å²) in [5, 5.41) is 4.11. The van der Waals surface area contributed by atoms with E-state index in [0.717, 1.165) is 16.9 Å². The summed E-state index contributed by atoms with van der Waals surface area (Å²) in [5.74, 6) is 0.850. The molecule has 27 heavy (non-hydrogen) atoms. The highest BCUT2D eigenvalue weighted by atomic mass is 32.2. The molecule has 0 saturated heterocycles. The second-order valence-electron chi connectivity index (χ2n) is 5.81. The van der Waals surface area contributed by atoms with Gasteiger partial charge >= 0.3 is 6.01 Å². The minimum Gasteiger partial charge on any atom is -0.497 e. The second-order valence-corrected chi connectivity index (χ2v) is 7.58. The van der Waals surface area contributed by atoms with Crippen molar-refractivity contribution in [3.05, 3.63) is 54.6 Å². The van der Waals surface area contributed by atoms with Crippen molar-refractivity contribution >= 4 is 10.0 Å². The van der Waals surface area contributed by atoms with Crippen LogP contribution in [0.15, 0.2) is 59.5 Å². The van der Waals surface area contributed by atoms with Gasteiger partial charge in [-0.15, -0.1) is 4.09 Å². The molecule has 8 heteroatoms. The van der Waals surface area contributed by atoms with E-state index in [9.17, 15) is 8.42 Å². The smallest absolute Gasteiger partial charge is 0.337 e. The summed E-state index contributed by atoms with van der Waals surface area (Å²) in [6.45, 7) is 2.46. The van der Waals surface area contributed by atoms with Gasteiger partial charge < -0.3 is 9.47 Å². The van der Waals surface area contributed by atoms with E-state index >= 15 is 0 Å². The summed E-state index contributed by atoms with van der Waals surface area (Å²) in [6, 6.07) is 15.1. The molecule has 2 aromatic carbocycles. The predicted molar refractivity (Wildman–Crippen MR) is 101 cm³/mol. The van der Waals surface area contributed by atoms with Gasteiger partial charge in [-0.25, -0.2) is 0 Å². The normalized spacial score (nSPS) is 11.3. The SMILES string of the molecule is CCCCOc1nc(-c2ccc(OC)cc2)n(S(=O)(=O)c2ccccc2)n1. The highest BCUT2D eigenvalue weighted by Gasteiger charge is 2.25. The minimum atomic E-state index is -3.91. The van der Waals surface area contributed by atoms with Crippen molar-refractivity contribution in [1.29, 1.82) is 0 Å². The van der Waals surface area contributed by atoms with E-state index in [0.29, 0.717) is 17.9 Å². The van der Waals surface area contributed by atoms with Crippen LogP contribution in [0.1, 0.15) is 19.8 Å². The Hall–Kier alpha value is -2.87. The van der Waals surface area contributed by atoms with Gasteiger partial charge in [-0.3, -0.25) is 0 Å². The van der Waals surface area contributed by atoms with E-state index in [2.05, 4.69) is 10.1 Å². The average Bonchev–Trinajstić information content (AvgIpc) is 3.14. The Bertz CT molecular complexity index is 984. The molecular weight excluding hydrogens is 366 g/mol. The van der Waals surface area contributed by atoms with Crippen molar-refractivity contribution < 1.29 is 17.9 Å². The van der Waals surface area contributed by atoms with E-state index < -0.39 is 10.0 Å². The Balaban J connectivity index is 2.07. The van der Waals surface area contributed by atoms with Gasteiger partial charge in [-0.1, -0.05) is 36.6 Å². The van der Waals surface area contributed by atoms with Crippen LogP contribution >= 0.6 is 0 Å². The zero-order chi connectivity index (χ0) is 19.3. The number of nitrogens with zero attached hydrogens (tertiary/aromatic N) is 3. The molecule has 3 rings (SSSR count). The maximum absolute atomic E-state index is 13.1. The number of methoxy groups -OCH3 is 1. The molecule has 0 radical (unpaired) electrons. The standard InChI is InChI=1S/C19H21N3O4S/c1-3-4-14-26-19-20-18(15-10-12-16(25-2)13-11-15)22(21-19)27(23,24)17-8-6-5-7-9-17/h5-13H,3-4,14H2,1-2H3. The lowest BCUT2D eigenvalue weighted by atomic mass is 10.2. The first kappa shape index (κ1) is 18.9. The molecule has 0 unspecified atom stereocenters. The molecule has 1 heterocycles. The van der Waals surface area contributed by atoms with Crippen molar-refractivity contribution in [2.45, 2.75) is 24.7 Å². The summed E-state index contributed by atoms with van der Waals surface area (Å²) in [6.07, 6.45) is 1.78. The monoisotopic (exact) mass is 387 g/mol. The van der Waals surface area contributed by atoms with Gasteiger partial charge in [0.25, 0.3) is 10.0 Å². The molecule has 3 aromatic rings. The predicted octanol–water partition coefficient (Wildman–Crippen LogP) is 3.37. The molecule has 7 nitrogen and oxygen atoms in total. The Morgan fingerprint density at radius 3 is 2.37 bits per heavy atom. The van der Waals surface area contributed by atoms with Crippen molar-refractivity contribution in [1.82, 2.24) is 14.2 Å². The fourth-order valence-corrected chi connectivity index (χ4v) is 3.68. The van der Waals surface area contributed by atoms with Gasteiger partial charge in [-0.2, -0.15) is 13.4 Å². The lowest BCUT2D eigenvalue weighted by Gasteiger charge is -2.07. The van der Waals surface area contributed by atoms with E-state index in [1.54, 1.807) is 49.6 Å². The molecule has 0 aliphatic heterocycles. The van der Waals surface area contributed by atoms with Crippen molar-refractivity contribution in [2.24, 2.45) is 0 Å². The number of aromatic nitrogens is 3. The molecule has 0 bridgehead atoms. The van der Waals surface area contributed by atoms with Crippen molar-refractivity contribution in [3.63, 3.8) is 0 Å². The Kier molecular flexibility index (Phi) is 5.75. The van der Waals surface area contributed by atoms with Gasteiger partial charge in [0, 0.05) is 5.56 Å². The highest BCUT2D eigenvalue weighted by Crippen LogP contribution is 2.26. The van der Waals surface area contributed by atoms with E-state index in [1.165, 1.54) is 12.1 Å². The molecule has 0 saturated carbocycles. The van der Waals surface area contributed by atoms with E-state index in [-0.39, 0.29) is 16.7 Å². The Labute approximate surface area is 158 Å². The number of rotatable bonds is 8. The van der Waals surface area contributed by atoms with Gasteiger partial charge in [-0.05, 0) is 42.8 Å². The molecule has 0 amide bonds. The summed E-state index contributed by atoms with van der Waals surface area (Å²) in [7, 11) is -2.34. The van der Waals surface area contributed by atoms with Gasteiger partial charge in [0.15, 0.2) is 5.82 Å². The summed E-state index contributed by atoms with van der Waals surface area (Å²) in [5.41, 5.74) is 0.591. The van der Waals surface area contributed by atoms with Crippen LogP contribution in [-0.2, 0) is 10.0 Å². The topological polar surface area (TPSA) is 83.3 Å². The van der Waals surface area contributed by atoms with Crippen LogP contribution in [0.5, 0.6) is 11.8 Å². The maximum atomic E-state index is 13.1. The summed E-state index contributed by atoms with van der Waals surface area (Å²) in [4.78, 5) is 4.44. The Morgan fingerprint density at radius 1 is 1.04 bits per heavy atom. The number of unbranched alkanes of at least 4 members (excludes halogenated alkanes) is 1. The summed E-state index contributed by atoms with van der Waals surface area (Å²) >= 11 is 0. The van der Waals surface area contributed by atoms with Crippen LogP contribution in [0.4, 0.5) is 0 Å². The van der Waals surface area contributed by atoms with Gasteiger partial charge in [0.1, 0.15) is 5.75 Å². The number of hydrogen-bond donors (Lipinski definition) is 0. The maximum Gasteiger partial charge on any atom is 0.337 e. The van der Waals surface area contributed by atoms with Crippen LogP contribution in [0.2, 0.25) is 0 Å². The van der Waals surface area contributed by atoms with Crippen molar-refractivity contribution in [3.8, 4) is 23.1 Å². The van der Waals surface area contributed by atoms with Crippen molar-refractivity contribution in [2.75, 3.05) is 13.7 Å².